The highest BCUT2D eigenvalue weighted by Crippen LogP contribution is 2.39. The van der Waals surface area contributed by atoms with Crippen LogP contribution >= 0.6 is 0 Å². The second-order valence-electron chi connectivity index (χ2n) is 6.43. The van der Waals surface area contributed by atoms with Gasteiger partial charge in [-0.1, -0.05) is 32.9 Å². The number of piperazine rings is 1. The van der Waals surface area contributed by atoms with Gasteiger partial charge >= 0.3 is 0 Å². The van der Waals surface area contributed by atoms with Crippen LogP contribution in [0.2, 0.25) is 0 Å². The maximum Gasteiger partial charge on any atom is 0.246 e. The maximum atomic E-state index is 12.1. The largest absolute Gasteiger partial charge is 0.337 e. The van der Waals surface area contributed by atoms with Crippen LogP contribution in [0.3, 0.4) is 0 Å². The van der Waals surface area contributed by atoms with Gasteiger partial charge in [0.2, 0.25) is 5.91 Å². The molecular weight excluding hydrogens is 236 g/mol. The lowest BCUT2D eigenvalue weighted by atomic mass is 9.73. The summed E-state index contributed by atoms with van der Waals surface area (Å²) >= 11 is 0. The number of hydrogen-bond donors (Lipinski definition) is 1. The van der Waals surface area contributed by atoms with Crippen LogP contribution in [0.1, 0.15) is 33.6 Å². The average molecular weight is 262 g/mol. The van der Waals surface area contributed by atoms with Crippen LogP contribution in [0, 0.1) is 11.3 Å². The third-order valence-corrected chi connectivity index (χ3v) is 4.30. The van der Waals surface area contributed by atoms with Crippen molar-refractivity contribution >= 4 is 5.91 Å². The first-order valence-electron chi connectivity index (χ1n) is 7.39. The summed E-state index contributed by atoms with van der Waals surface area (Å²) in [6, 6.07) is 0. The molecule has 0 aromatic carbocycles. The first kappa shape index (κ1) is 14.3. The van der Waals surface area contributed by atoms with Gasteiger partial charge in [0.1, 0.15) is 0 Å². The minimum Gasteiger partial charge on any atom is -0.337 e. The third-order valence-electron chi connectivity index (χ3n) is 4.30. The SMILES string of the molecule is CC1C=C(C=CC(=O)N2CCNCC2)C(C)(C)CC1. The molecule has 1 saturated heterocycles. The van der Waals surface area contributed by atoms with Crippen molar-refractivity contribution in [3.05, 3.63) is 23.8 Å². The zero-order valence-electron chi connectivity index (χ0n) is 12.4. The van der Waals surface area contributed by atoms with Crippen LogP contribution in [0.15, 0.2) is 23.8 Å². The van der Waals surface area contributed by atoms with Crippen molar-refractivity contribution in [3.8, 4) is 0 Å². The molecule has 1 aliphatic heterocycles. The fourth-order valence-corrected chi connectivity index (χ4v) is 2.78. The molecule has 3 nitrogen and oxygen atoms in total. The van der Waals surface area contributed by atoms with Crippen LogP contribution in [-0.4, -0.2) is 37.0 Å². The van der Waals surface area contributed by atoms with Gasteiger partial charge in [-0.3, -0.25) is 4.79 Å². The van der Waals surface area contributed by atoms with E-state index in [1.165, 1.54) is 18.4 Å². The number of nitrogens with one attached hydrogen (secondary N) is 1. The Bertz CT molecular complexity index is 390. The molecule has 1 fully saturated rings. The summed E-state index contributed by atoms with van der Waals surface area (Å²) in [7, 11) is 0. The summed E-state index contributed by atoms with van der Waals surface area (Å²) in [5.74, 6) is 0.776. The van der Waals surface area contributed by atoms with E-state index in [4.69, 9.17) is 0 Å². The van der Waals surface area contributed by atoms with Crippen LogP contribution < -0.4 is 5.32 Å². The molecule has 0 bridgehead atoms. The molecule has 0 radical (unpaired) electrons. The molecule has 1 atom stereocenters. The van der Waals surface area contributed by atoms with Crippen LogP contribution in [0.5, 0.6) is 0 Å². The lowest BCUT2D eigenvalue weighted by Crippen LogP contribution is -2.45. The Kier molecular flexibility index (Phi) is 4.46. The second kappa shape index (κ2) is 5.91. The zero-order chi connectivity index (χ0) is 13.9. The van der Waals surface area contributed by atoms with Gasteiger partial charge in [0.25, 0.3) is 0 Å². The third kappa shape index (κ3) is 3.69. The van der Waals surface area contributed by atoms with Gasteiger partial charge in [0.15, 0.2) is 0 Å². The summed E-state index contributed by atoms with van der Waals surface area (Å²) in [6.45, 7) is 10.2. The number of hydrogen-bond acceptors (Lipinski definition) is 2. The number of nitrogens with zero attached hydrogens (tertiary/aromatic N) is 1. The van der Waals surface area contributed by atoms with Gasteiger partial charge in [-0.25, -0.2) is 0 Å². The van der Waals surface area contributed by atoms with Crippen molar-refractivity contribution in [2.45, 2.75) is 33.6 Å². The molecular formula is C16H26N2O. The van der Waals surface area contributed by atoms with E-state index in [2.05, 4.69) is 32.2 Å². The number of amides is 1. The standard InChI is InChI=1S/C16H26N2O/c1-13-6-7-16(2,3)14(12-13)4-5-15(19)18-10-8-17-9-11-18/h4-5,12-13,17H,6-11H2,1-3H3. The first-order valence-corrected chi connectivity index (χ1v) is 7.39. The number of allylic oxidation sites excluding steroid dienone is 3. The Morgan fingerprint density at radius 3 is 2.79 bits per heavy atom. The smallest absolute Gasteiger partial charge is 0.246 e. The van der Waals surface area contributed by atoms with E-state index >= 15 is 0 Å². The van der Waals surface area contributed by atoms with Crippen molar-refractivity contribution in [2.75, 3.05) is 26.2 Å². The molecule has 0 saturated carbocycles. The summed E-state index contributed by atoms with van der Waals surface area (Å²) < 4.78 is 0. The maximum absolute atomic E-state index is 12.1. The van der Waals surface area contributed by atoms with Gasteiger partial charge < -0.3 is 10.2 Å². The fourth-order valence-electron chi connectivity index (χ4n) is 2.78. The predicted octanol–water partition coefficient (Wildman–Crippen LogP) is 2.36. The van der Waals surface area contributed by atoms with Gasteiger partial charge in [0.05, 0.1) is 0 Å². The summed E-state index contributed by atoms with van der Waals surface area (Å²) in [4.78, 5) is 14.0. The molecule has 1 aliphatic carbocycles. The van der Waals surface area contributed by atoms with E-state index in [1.54, 1.807) is 6.08 Å². The van der Waals surface area contributed by atoms with E-state index in [0.29, 0.717) is 5.92 Å². The topological polar surface area (TPSA) is 32.3 Å². The Hall–Kier alpha value is -1.09. The molecule has 0 aromatic heterocycles. The highest BCUT2D eigenvalue weighted by Gasteiger charge is 2.26. The molecule has 1 unspecified atom stereocenters. The van der Waals surface area contributed by atoms with Crippen LogP contribution in [0.25, 0.3) is 0 Å². The van der Waals surface area contributed by atoms with E-state index in [-0.39, 0.29) is 11.3 Å². The first-order chi connectivity index (χ1) is 8.99. The molecule has 1 N–H and O–H groups in total. The van der Waals surface area contributed by atoms with E-state index < -0.39 is 0 Å². The predicted molar refractivity (Wildman–Crippen MR) is 78.9 cm³/mol. The fraction of sp³-hybridized carbons (Fsp3) is 0.688. The molecule has 0 aromatic rings. The lowest BCUT2D eigenvalue weighted by molar-refractivity contribution is -0.126. The molecule has 2 aliphatic rings. The Morgan fingerprint density at radius 1 is 1.42 bits per heavy atom. The number of rotatable bonds is 2. The highest BCUT2D eigenvalue weighted by molar-refractivity contribution is 5.88. The number of carbonyl (C=O) groups is 1. The van der Waals surface area contributed by atoms with Crippen molar-refractivity contribution in [1.29, 1.82) is 0 Å². The summed E-state index contributed by atoms with van der Waals surface area (Å²) in [6.07, 6.45) is 8.57. The van der Waals surface area contributed by atoms with Crippen molar-refractivity contribution < 1.29 is 4.79 Å². The molecule has 1 heterocycles. The van der Waals surface area contributed by atoms with Gasteiger partial charge in [-0.15, -0.1) is 0 Å². The zero-order valence-corrected chi connectivity index (χ0v) is 12.4. The summed E-state index contributed by atoms with van der Waals surface area (Å²) in [5.41, 5.74) is 1.52. The molecule has 19 heavy (non-hydrogen) atoms. The summed E-state index contributed by atoms with van der Waals surface area (Å²) in [5, 5.41) is 3.26. The number of carbonyl (C=O) groups excluding carboxylic acids is 1. The Labute approximate surface area is 116 Å². The minimum absolute atomic E-state index is 0.149. The van der Waals surface area contributed by atoms with E-state index in [1.807, 2.05) is 11.0 Å². The van der Waals surface area contributed by atoms with Gasteiger partial charge in [0, 0.05) is 32.3 Å². The average Bonchev–Trinajstić information content (AvgIpc) is 2.40. The monoisotopic (exact) mass is 262 g/mol. The molecule has 106 valence electrons. The Morgan fingerprint density at radius 2 is 2.11 bits per heavy atom. The quantitative estimate of drug-likeness (QED) is 0.775. The van der Waals surface area contributed by atoms with Crippen LogP contribution in [0.4, 0.5) is 0 Å². The van der Waals surface area contributed by atoms with Crippen molar-refractivity contribution in [3.63, 3.8) is 0 Å². The van der Waals surface area contributed by atoms with E-state index in [0.717, 1.165) is 26.2 Å². The molecule has 2 rings (SSSR count). The second-order valence-corrected chi connectivity index (χ2v) is 6.43. The highest BCUT2D eigenvalue weighted by atomic mass is 16.2. The van der Waals surface area contributed by atoms with Crippen molar-refractivity contribution in [2.24, 2.45) is 11.3 Å². The van der Waals surface area contributed by atoms with Crippen LogP contribution in [-0.2, 0) is 4.79 Å². The molecule has 3 heteroatoms. The minimum atomic E-state index is 0.149. The molecule has 1 amide bonds. The van der Waals surface area contributed by atoms with Gasteiger partial charge in [-0.05, 0) is 29.7 Å². The Balaban J connectivity index is 2.02. The van der Waals surface area contributed by atoms with Crippen molar-refractivity contribution in [1.82, 2.24) is 10.2 Å². The molecule has 0 spiro atoms. The van der Waals surface area contributed by atoms with E-state index in [9.17, 15) is 4.79 Å². The lowest BCUT2D eigenvalue weighted by Gasteiger charge is -2.33. The normalized spacial score (nSPS) is 27.4. The van der Waals surface area contributed by atoms with Gasteiger partial charge in [-0.2, -0.15) is 0 Å².